The molecule has 0 radical (unpaired) electrons. The molecule has 3 aromatic rings. The summed E-state index contributed by atoms with van der Waals surface area (Å²) in [6.45, 7) is 2.59. The monoisotopic (exact) mass is 369 g/mol. The Morgan fingerprint density at radius 3 is 2.93 bits per heavy atom. The lowest BCUT2D eigenvalue weighted by atomic mass is 10.2. The lowest BCUT2D eigenvalue weighted by molar-refractivity contribution is 0.143. The molecule has 8 heteroatoms. The number of aromatic nitrogens is 4. The van der Waals surface area contributed by atoms with Crippen LogP contribution in [0.15, 0.2) is 30.5 Å². The van der Waals surface area contributed by atoms with Crippen LogP contribution < -0.4 is 10.1 Å². The number of pyridine rings is 2. The smallest absolute Gasteiger partial charge is 0.215 e. The summed E-state index contributed by atoms with van der Waals surface area (Å²) in [6, 6.07) is 7.50. The minimum Gasteiger partial charge on any atom is -0.475 e. The Labute approximate surface area is 157 Å². The van der Waals surface area contributed by atoms with Gasteiger partial charge in [-0.1, -0.05) is 6.07 Å². The average molecular weight is 369 g/mol. The standard InChI is InChI=1S/C19H23N5O3/c1-12(25)21-16-10-15-14(11-20-16)19(13-6-7-13)23-24(15)17-4-3-5-18(22-17)27-9-8-26-2/h3-5,10-13,25H,6-9H2,1-2H3,(H,20,21). The molecule has 2 N–H and O–H groups in total. The van der Waals surface area contributed by atoms with Crippen LogP contribution in [0.2, 0.25) is 0 Å². The summed E-state index contributed by atoms with van der Waals surface area (Å²) in [4.78, 5) is 8.99. The Balaban J connectivity index is 1.74. The number of hydrogen-bond donors (Lipinski definition) is 2. The van der Waals surface area contributed by atoms with Crippen LogP contribution in [-0.2, 0) is 4.74 Å². The van der Waals surface area contributed by atoms with Gasteiger partial charge in [0.1, 0.15) is 18.7 Å². The normalized spacial score (nSPS) is 15.1. The van der Waals surface area contributed by atoms with Gasteiger partial charge in [0.25, 0.3) is 0 Å². The molecule has 27 heavy (non-hydrogen) atoms. The van der Waals surface area contributed by atoms with Crippen LogP contribution in [0, 0.1) is 0 Å². The number of nitrogens with one attached hydrogen (secondary N) is 1. The van der Waals surface area contributed by atoms with Crippen LogP contribution >= 0.6 is 0 Å². The fourth-order valence-electron chi connectivity index (χ4n) is 2.99. The Hall–Kier alpha value is -2.71. The molecule has 1 unspecified atom stereocenters. The summed E-state index contributed by atoms with van der Waals surface area (Å²) < 4.78 is 12.5. The first-order chi connectivity index (χ1) is 13.2. The van der Waals surface area contributed by atoms with Crippen LogP contribution in [0.3, 0.4) is 0 Å². The van der Waals surface area contributed by atoms with Crippen molar-refractivity contribution in [3.05, 3.63) is 36.2 Å². The van der Waals surface area contributed by atoms with Gasteiger partial charge < -0.3 is 19.9 Å². The first-order valence-corrected chi connectivity index (χ1v) is 9.08. The minimum atomic E-state index is -0.690. The van der Waals surface area contributed by atoms with Crippen molar-refractivity contribution in [1.82, 2.24) is 19.7 Å². The maximum atomic E-state index is 9.59. The van der Waals surface area contributed by atoms with Crippen molar-refractivity contribution in [3.63, 3.8) is 0 Å². The molecule has 1 aliphatic rings. The first kappa shape index (κ1) is 17.7. The van der Waals surface area contributed by atoms with Crippen LogP contribution in [-0.4, -0.2) is 51.4 Å². The maximum Gasteiger partial charge on any atom is 0.215 e. The number of methoxy groups -OCH3 is 1. The van der Waals surface area contributed by atoms with Gasteiger partial charge in [0.05, 0.1) is 17.8 Å². The molecule has 3 heterocycles. The number of hydrogen-bond acceptors (Lipinski definition) is 7. The Kier molecular flexibility index (Phi) is 4.91. The molecular formula is C19H23N5O3. The van der Waals surface area contributed by atoms with Gasteiger partial charge in [-0.25, -0.2) is 9.67 Å². The zero-order valence-corrected chi connectivity index (χ0v) is 15.4. The fourth-order valence-corrected chi connectivity index (χ4v) is 2.99. The van der Waals surface area contributed by atoms with Gasteiger partial charge in [0, 0.05) is 36.7 Å². The second kappa shape index (κ2) is 7.50. The Morgan fingerprint density at radius 1 is 1.33 bits per heavy atom. The molecular weight excluding hydrogens is 346 g/mol. The van der Waals surface area contributed by atoms with E-state index in [-0.39, 0.29) is 0 Å². The van der Waals surface area contributed by atoms with Crippen molar-refractivity contribution in [2.24, 2.45) is 0 Å². The van der Waals surface area contributed by atoms with E-state index in [4.69, 9.17) is 14.6 Å². The van der Waals surface area contributed by atoms with E-state index in [2.05, 4.69) is 15.3 Å². The van der Waals surface area contributed by atoms with Crippen LogP contribution in [0.4, 0.5) is 5.82 Å². The number of aliphatic hydroxyl groups excluding tert-OH is 1. The van der Waals surface area contributed by atoms with Gasteiger partial charge in [-0.3, -0.25) is 0 Å². The van der Waals surface area contributed by atoms with Crippen molar-refractivity contribution in [2.75, 3.05) is 25.6 Å². The highest BCUT2D eigenvalue weighted by molar-refractivity contribution is 5.85. The molecule has 1 fully saturated rings. The van der Waals surface area contributed by atoms with Gasteiger partial charge >= 0.3 is 0 Å². The molecule has 0 aliphatic heterocycles. The minimum absolute atomic E-state index is 0.437. The van der Waals surface area contributed by atoms with Gasteiger partial charge in [0.2, 0.25) is 5.88 Å². The zero-order chi connectivity index (χ0) is 18.8. The third kappa shape index (κ3) is 3.86. The van der Waals surface area contributed by atoms with E-state index in [1.165, 1.54) is 0 Å². The molecule has 0 bridgehead atoms. The zero-order valence-electron chi connectivity index (χ0n) is 15.4. The van der Waals surface area contributed by atoms with E-state index in [0.717, 1.165) is 29.4 Å². The number of fused-ring (bicyclic) bond motifs is 1. The van der Waals surface area contributed by atoms with Crippen molar-refractivity contribution >= 4 is 16.7 Å². The molecule has 1 aliphatic carbocycles. The van der Waals surface area contributed by atoms with Gasteiger partial charge in [-0.05, 0) is 25.8 Å². The second-order valence-corrected chi connectivity index (χ2v) is 6.65. The number of nitrogens with zero attached hydrogens (tertiary/aromatic N) is 4. The third-order valence-corrected chi connectivity index (χ3v) is 4.38. The van der Waals surface area contributed by atoms with E-state index < -0.39 is 6.23 Å². The highest BCUT2D eigenvalue weighted by atomic mass is 16.5. The molecule has 3 aromatic heterocycles. The van der Waals surface area contributed by atoms with Crippen molar-refractivity contribution < 1.29 is 14.6 Å². The summed E-state index contributed by atoms with van der Waals surface area (Å²) in [5.74, 6) is 2.27. The molecule has 1 atom stereocenters. The number of anilines is 1. The van der Waals surface area contributed by atoms with E-state index in [1.807, 2.05) is 35.1 Å². The van der Waals surface area contributed by atoms with E-state index in [9.17, 15) is 5.11 Å². The summed E-state index contributed by atoms with van der Waals surface area (Å²) in [5, 5.41) is 18.4. The predicted octanol–water partition coefficient (Wildman–Crippen LogP) is 2.47. The summed E-state index contributed by atoms with van der Waals surface area (Å²) in [6.07, 6.45) is 3.42. The molecule has 142 valence electrons. The summed E-state index contributed by atoms with van der Waals surface area (Å²) in [7, 11) is 1.63. The highest BCUT2D eigenvalue weighted by Crippen LogP contribution is 2.43. The van der Waals surface area contributed by atoms with Crippen LogP contribution in [0.5, 0.6) is 5.88 Å². The quantitative estimate of drug-likeness (QED) is 0.465. The SMILES string of the molecule is COCCOc1cccc(-n2nc(C3CC3)c3cnc(NC(C)O)cc32)n1. The van der Waals surface area contributed by atoms with E-state index in [1.54, 1.807) is 14.0 Å². The van der Waals surface area contributed by atoms with E-state index >= 15 is 0 Å². The lowest BCUT2D eigenvalue weighted by Crippen LogP contribution is -2.14. The number of aliphatic hydroxyl groups is 1. The molecule has 0 saturated heterocycles. The molecule has 0 aromatic carbocycles. The van der Waals surface area contributed by atoms with Crippen LogP contribution in [0.25, 0.3) is 16.7 Å². The first-order valence-electron chi connectivity index (χ1n) is 9.08. The van der Waals surface area contributed by atoms with Gasteiger partial charge in [-0.15, -0.1) is 0 Å². The number of rotatable bonds is 8. The molecule has 4 rings (SSSR count). The average Bonchev–Trinajstić information content (AvgIpc) is 3.43. The molecule has 8 nitrogen and oxygen atoms in total. The van der Waals surface area contributed by atoms with Crippen molar-refractivity contribution in [1.29, 1.82) is 0 Å². The number of ether oxygens (including phenoxy) is 2. The van der Waals surface area contributed by atoms with Crippen LogP contribution in [0.1, 0.15) is 31.4 Å². The summed E-state index contributed by atoms with van der Waals surface area (Å²) >= 11 is 0. The molecule has 0 amide bonds. The topological polar surface area (TPSA) is 94.3 Å². The summed E-state index contributed by atoms with van der Waals surface area (Å²) in [5.41, 5.74) is 1.95. The Morgan fingerprint density at radius 2 is 2.19 bits per heavy atom. The highest BCUT2D eigenvalue weighted by Gasteiger charge is 2.30. The van der Waals surface area contributed by atoms with E-state index in [0.29, 0.717) is 36.6 Å². The second-order valence-electron chi connectivity index (χ2n) is 6.65. The Bertz CT molecular complexity index is 936. The molecule has 1 saturated carbocycles. The van der Waals surface area contributed by atoms with Gasteiger partial charge in [-0.2, -0.15) is 10.1 Å². The largest absolute Gasteiger partial charge is 0.475 e. The molecule has 0 spiro atoms. The third-order valence-electron chi connectivity index (χ3n) is 4.38. The fraction of sp³-hybridized carbons (Fsp3) is 0.421. The van der Waals surface area contributed by atoms with Crippen molar-refractivity contribution in [2.45, 2.75) is 31.9 Å². The van der Waals surface area contributed by atoms with Crippen molar-refractivity contribution in [3.8, 4) is 11.7 Å². The predicted molar refractivity (Wildman–Crippen MR) is 101 cm³/mol. The lowest BCUT2D eigenvalue weighted by Gasteiger charge is -2.09. The maximum absolute atomic E-state index is 9.59. The van der Waals surface area contributed by atoms with Gasteiger partial charge in [0.15, 0.2) is 5.82 Å².